The summed E-state index contributed by atoms with van der Waals surface area (Å²) in [4.78, 5) is 0. The molecule has 1 nitrogen and oxygen atoms in total. The van der Waals surface area contributed by atoms with Crippen molar-refractivity contribution in [2.45, 2.75) is 59.8 Å². The first-order valence-electron chi connectivity index (χ1n) is 10.1. The molecule has 0 fully saturated rings. The van der Waals surface area contributed by atoms with E-state index in [2.05, 4.69) is 71.0 Å². The van der Waals surface area contributed by atoms with Crippen LogP contribution < -0.4 is 5.73 Å². The lowest BCUT2D eigenvalue weighted by Crippen LogP contribution is -2.31. The van der Waals surface area contributed by atoms with Gasteiger partial charge in [-0.15, -0.1) is 0 Å². The van der Waals surface area contributed by atoms with E-state index < -0.39 is 5.41 Å². The van der Waals surface area contributed by atoms with Crippen molar-refractivity contribution in [2.75, 3.05) is 0 Å². The minimum atomic E-state index is -0.407. The van der Waals surface area contributed by atoms with Gasteiger partial charge in [0.05, 0.1) is 0 Å². The second-order valence-corrected chi connectivity index (χ2v) is 8.77. The lowest BCUT2D eigenvalue weighted by Gasteiger charge is -2.41. The molecule has 1 aromatic rings. The van der Waals surface area contributed by atoms with Crippen LogP contribution in [-0.4, -0.2) is 0 Å². The van der Waals surface area contributed by atoms with Gasteiger partial charge in [0.1, 0.15) is 5.83 Å². The highest BCUT2D eigenvalue weighted by Gasteiger charge is 2.41. The quantitative estimate of drug-likeness (QED) is 0.618. The highest BCUT2D eigenvalue weighted by Crippen LogP contribution is 2.53. The Morgan fingerprint density at radius 3 is 2.48 bits per heavy atom. The zero-order valence-corrected chi connectivity index (χ0v) is 17.5. The topological polar surface area (TPSA) is 26.0 Å². The Balaban J connectivity index is 2.40. The van der Waals surface area contributed by atoms with E-state index >= 15 is 4.39 Å². The molecule has 2 N–H and O–H groups in total. The maximum Gasteiger partial charge on any atom is 0.146 e. The molecule has 1 unspecified atom stereocenters. The molecule has 0 aromatic heterocycles. The van der Waals surface area contributed by atoms with Crippen LogP contribution >= 0.6 is 0 Å². The standard InChI is InChI=1S/C25H32FN/c1-7-9-17-10-8-11-20-22(17)19(14-16(4)15(2)3)18-12-13-21(27)24(26)23(18)25(20,5)6/h7-11,14-16H,12-13,27H2,1-6H3/b9-7-,19-14+. The molecule has 144 valence electrons. The average Bonchev–Trinajstić information content (AvgIpc) is 2.61. The molecular formula is C25H32FN. The third kappa shape index (κ3) is 3.20. The molecule has 0 bridgehead atoms. The molecule has 1 aromatic carbocycles. The van der Waals surface area contributed by atoms with E-state index in [9.17, 15) is 0 Å². The summed E-state index contributed by atoms with van der Waals surface area (Å²) in [5.41, 5.74) is 12.8. The van der Waals surface area contributed by atoms with Gasteiger partial charge in [0, 0.05) is 16.7 Å². The van der Waals surface area contributed by atoms with Gasteiger partial charge in [-0.2, -0.15) is 0 Å². The number of fused-ring (bicyclic) bond motifs is 1. The fraction of sp³-hybridized carbons (Fsp3) is 0.440. The SMILES string of the molecule is C/C=C\c1cccc2c1/C(=C/C(C)C(C)C)C1=C(C(F)=C(N)CC1)C2(C)C. The van der Waals surface area contributed by atoms with Gasteiger partial charge in [-0.25, -0.2) is 4.39 Å². The lowest BCUT2D eigenvalue weighted by atomic mass is 9.63. The summed E-state index contributed by atoms with van der Waals surface area (Å²) >= 11 is 0. The highest BCUT2D eigenvalue weighted by atomic mass is 19.1. The molecule has 0 heterocycles. The molecule has 1 atom stereocenters. The number of allylic oxidation sites excluding steroid dienone is 7. The summed E-state index contributed by atoms with van der Waals surface area (Å²) in [5, 5.41) is 0. The van der Waals surface area contributed by atoms with Gasteiger partial charge in [-0.3, -0.25) is 0 Å². The Hall–Kier alpha value is -2.09. The van der Waals surface area contributed by atoms with Crippen molar-refractivity contribution >= 4 is 11.6 Å². The summed E-state index contributed by atoms with van der Waals surface area (Å²) in [6.45, 7) is 13.0. The predicted molar refractivity (Wildman–Crippen MR) is 115 cm³/mol. The Morgan fingerprint density at radius 2 is 1.85 bits per heavy atom. The maximum atomic E-state index is 15.3. The summed E-state index contributed by atoms with van der Waals surface area (Å²) in [6.07, 6.45) is 8.00. The van der Waals surface area contributed by atoms with E-state index in [4.69, 9.17) is 5.73 Å². The van der Waals surface area contributed by atoms with Crippen molar-refractivity contribution in [3.05, 3.63) is 69.7 Å². The predicted octanol–water partition coefficient (Wildman–Crippen LogP) is 6.92. The molecule has 0 amide bonds. The van der Waals surface area contributed by atoms with Crippen LogP contribution in [0.5, 0.6) is 0 Å². The fourth-order valence-electron chi connectivity index (χ4n) is 4.34. The van der Waals surface area contributed by atoms with E-state index in [1.54, 1.807) is 0 Å². The second-order valence-electron chi connectivity index (χ2n) is 8.77. The van der Waals surface area contributed by atoms with Crippen LogP contribution in [0.2, 0.25) is 0 Å². The third-order valence-corrected chi connectivity index (χ3v) is 6.26. The zero-order valence-electron chi connectivity index (χ0n) is 17.5. The number of hydrogen-bond acceptors (Lipinski definition) is 1. The molecule has 0 saturated heterocycles. The number of halogens is 1. The van der Waals surface area contributed by atoms with Gasteiger partial charge in [0.2, 0.25) is 0 Å². The molecule has 2 aliphatic carbocycles. The molecular weight excluding hydrogens is 333 g/mol. The molecule has 0 spiro atoms. The Morgan fingerprint density at radius 1 is 1.15 bits per heavy atom. The first-order valence-corrected chi connectivity index (χ1v) is 10.1. The number of nitrogens with two attached hydrogens (primary N) is 1. The van der Waals surface area contributed by atoms with Gasteiger partial charge < -0.3 is 5.73 Å². The van der Waals surface area contributed by atoms with Crippen molar-refractivity contribution in [2.24, 2.45) is 17.6 Å². The molecule has 0 radical (unpaired) electrons. The normalized spacial score (nSPS) is 21.9. The molecule has 27 heavy (non-hydrogen) atoms. The minimum Gasteiger partial charge on any atom is -0.400 e. The molecule has 0 aliphatic heterocycles. The largest absolute Gasteiger partial charge is 0.400 e. The summed E-state index contributed by atoms with van der Waals surface area (Å²) < 4.78 is 15.3. The van der Waals surface area contributed by atoms with Crippen molar-refractivity contribution < 1.29 is 4.39 Å². The van der Waals surface area contributed by atoms with Crippen LogP contribution in [0.15, 0.2) is 53.0 Å². The average molecular weight is 366 g/mol. The van der Waals surface area contributed by atoms with Crippen molar-refractivity contribution in [1.29, 1.82) is 0 Å². The zero-order chi connectivity index (χ0) is 19.9. The van der Waals surface area contributed by atoms with Crippen LogP contribution in [0.25, 0.3) is 11.6 Å². The fourth-order valence-corrected chi connectivity index (χ4v) is 4.34. The monoisotopic (exact) mass is 365 g/mol. The summed E-state index contributed by atoms with van der Waals surface area (Å²) in [7, 11) is 0. The van der Waals surface area contributed by atoms with E-state index in [1.165, 1.54) is 22.3 Å². The van der Waals surface area contributed by atoms with Crippen LogP contribution in [-0.2, 0) is 5.41 Å². The summed E-state index contributed by atoms with van der Waals surface area (Å²) in [6, 6.07) is 6.40. The van der Waals surface area contributed by atoms with Crippen molar-refractivity contribution in [3.63, 3.8) is 0 Å². The van der Waals surface area contributed by atoms with E-state index in [0.717, 1.165) is 17.6 Å². The van der Waals surface area contributed by atoms with Crippen LogP contribution in [0, 0.1) is 11.8 Å². The highest BCUT2D eigenvalue weighted by molar-refractivity contribution is 5.91. The van der Waals surface area contributed by atoms with Gasteiger partial charge in [0.15, 0.2) is 0 Å². The Kier molecular flexibility index (Phi) is 5.20. The number of benzene rings is 1. The van der Waals surface area contributed by atoms with Gasteiger partial charge in [-0.05, 0) is 59.4 Å². The smallest absolute Gasteiger partial charge is 0.146 e. The van der Waals surface area contributed by atoms with Crippen LogP contribution in [0.4, 0.5) is 4.39 Å². The lowest BCUT2D eigenvalue weighted by molar-refractivity contribution is 0.502. The van der Waals surface area contributed by atoms with Crippen LogP contribution in [0.3, 0.4) is 0 Å². The van der Waals surface area contributed by atoms with E-state index in [0.29, 0.717) is 24.0 Å². The third-order valence-electron chi connectivity index (χ3n) is 6.26. The van der Waals surface area contributed by atoms with Gasteiger partial charge in [-0.1, -0.05) is 71.0 Å². The van der Waals surface area contributed by atoms with Gasteiger partial charge >= 0.3 is 0 Å². The molecule has 0 saturated carbocycles. The van der Waals surface area contributed by atoms with Crippen LogP contribution in [0.1, 0.15) is 71.1 Å². The van der Waals surface area contributed by atoms with Crippen molar-refractivity contribution in [1.82, 2.24) is 0 Å². The Labute approximate surface area is 163 Å². The van der Waals surface area contributed by atoms with E-state index in [1.807, 2.05) is 6.92 Å². The van der Waals surface area contributed by atoms with Crippen molar-refractivity contribution in [3.8, 4) is 0 Å². The first-order chi connectivity index (χ1) is 12.7. The first kappa shape index (κ1) is 19.7. The number of hydrogen-bond donors (Lipinski definition) is 1. The maximum absolute atomic E-state index is 15.3. The molecule has 2 aliphatic rings. The molecule has 2 heteroatoms. The van der Waals surface area contributed by atoms with Gasteiger partial charge in [0.25, 0.3) is 0 Å². The second kappa shape index (κ2) is 7.14. The Bertz CT molecular complexity index is 878. The van der Waals surface area contributed by atoms with E-state index in [-0.39, 0.29) is 5.83 Å². The minimum absolute atomic E-state index is 0.202. The number of rotatable bonds is 3. The molecule has 3 rings (SSSR count). The summed E-state index contributed by atoms with van der Waals surface area (Å²) in [5.74, 6) is 0.738.